The van der Waals surface area contributed by atoms with Gasteiger partial charge in [0, 0.05) is 44.9 Å². The van der Waals surface area contributed by atoms with Gasteiger partial charge < -0.3 is 19.3 Å². The van der Waals surface area contributed by atoms with Crippen LogP contribution in [-0.2, 0) is 17.8 Å². The number of anilines is 1. The van der Waals surface area contributed by atoms with E-state index in [0.29, 0.717) is 32.8 Å². The van der Waals surface area contributed by atoms with Crippen molar-refractivity contribution in [2.45, 2.75) is 52.9 Å². The Balaban J connectivity index is 1.96. The highest BCUT2D eigenvalue weighted by molar-refractivity contribution is 5.68. The highest BCUT2D eigenvalue weighted by Crippen LogP contribution is 2.33. The van der Waals surface area contributed by atoms with Crippen LogP contribution in [0.3, 0.4) is 0 Å². The van der Waals surface area contributed by atoms with E-state index >= 15 is 0 Å². The van der Waals surface area contributed by atoms with Gasteiger partial charge in [-0.25, -0.2) is 0 Å². The molecular weight excluding hydrogens is 414 g/mol. The molecule has 0 amide bonds. The van der Waals surface area contributed by atoms with E-state index in [1.165, 1.54) is 11.1 Å². The number of ether oxygens (including phenoxy) is 1. The number of aromatic nitrogens is 1. The van der Waals surface area contributed by atoms with Crippen LogP contribution in [0.15, 0.2) is 59.1 Å². The van der Waals surface area contributed by atoms with E-state index in [1.54, 1.807) is 0 Å². The Morgan fingerprint density at radius 2 is 1.82 bits per heavy atom. The normalized spacial score (nSPS) is 12.5. The molecule has 33 heavy (non-hydrogen) atoms. The average Bonchev–Trinajstić information content (AvgIpc) is 3.20. The Kier molecular flexibility index (Phi) is 9.06. The lowest BCUT2D eigenvalue weighted by Crippen LogP contribution is -2.35. The van der Waals surface area contributed by atoms with E-state index < -0.39 is 6.10 Å². The van der Waals surface area contributed by atoms with Gasteiger partial charge >= 0.3 is 0 Å². The molecule has 2 aromatic carbocycles. The van der Waals surface area contributed by atoms with Crippen molar-refractivity contribution in [1.82, 2.24) is 10.1 Å². The standard InChI is InChI=1S/C27H37N3O3/c1-6-32-19-24(31)17-30(16-22-12-10-11-21(4)15-22)18-25-26(23-13-8-7-9-14-23)28-33-27(25)29(5)20(2)3/h7-15,20,24,31H,6,16-19H2,1-5H3. The summed E-state index contributed by atoms with van der Waals surface area (Å²) < 4.78 is 11.3. The fourth-order valence-electron chi connectivity index (χ4n) is 3.86. The minimum atomic E-state index is -0.582. The number of hydrogen-bond acceptors (Lipinski definition) is 6. The quantitative estimate of drug-likeness (QED) is 0.423. The largest absolute Gasteiger partial charge is 0.389 e. The Morgan fingerprint density at radius 3 is 2.48 bits per heavy atom. The lowest BCUT2D eigenvalue weighted by molar-refractivity contribution is 0.0180. The summed E-state index contributed by atoms with van der Waals surface area (Å²) >= 11 is 0. The third-order valence-corrected chi connectivity index (χ3v) is 5.76. The first-order chi connectivity index (χ1) is 15.9. The van der Waals surface area contributed by atoms with Gasteiger partial charge in [0.25, 0.3) is 0 Å². The maximum atomic E-state index is 10.6. The van der Waals surface area contributed by atoms with Crippen molar-refractivity contribution in [1.29, 1.82) is 0 Å². The van der Waals surface area contributed by atoms with Crippen LogP contribution >= 0.6 is 0 Å². The molecule has 6 heteroatoms. The maximum Gasteiger partial charge on any atom is 0.232 e. The third kappa shape index (κ3) is 6.90. The highest BCUT2D eigenvalue weighted by atomic mass is 16.5. The molecule has 0 saturated carbocycles. The molecule has 3 rings (SSSR count). The number of aryl methyl sites for hydroxylation is 1. The molecule has 1 unspecified atom stereocenters. The second-order valence-electron chi connectivity index (χ2n) is 8.86. The molecule has 0 aliphatic heterocycles. The third-order valence-electron chi connectivity index (χ3n) is 5.76. The second kappa shape index (κ2) is 12.0. The zero-order chi connectivity index (χ0) is 23.8. The zero-order valence-electron chi connectivity index (χ0n) is 20.5. The first-order valence-corrected chi connectivity index (χ1v) is 11.7. The monoisotopic (exact) mass is 451 g/mol. The summed E-state index contributed by atoms with van der Waals surface area (Å²) in [4.78, 5) is 4.35. The Labute approximate surface area is 197 Å². The molecule has 0 radical (unpaired) electrons. The van der Waals surface area contributed by atoms with Gasteiger partial charge in [-0.1, -0.05) is 65.3 Å². The molecule has 0 fully saturated rings. The van der Waals surface area contributed by atoms with E-state index in [0.717, 1.165) is 22.7 Å². The number of aliphatic hydroxyl groups excluding tert-OH is 1. The summed E-state index contributed by atoms with van der Waals surface area (Å²) in [5, 5.41) is 15.1. The van der Waals surface area contributed by atoms with Crippen LogP contribution in [0.2, 0.25) is 0 Å². The SMILES string of the molecule is CCOCC(O)CN(Cc1cccc(C)c1)Cc1c(-c2ccccc2)noc1N(C)C(C)C. The molecule has 0 bridgehead atoms. The summed E-state index contributed by atoms with van der Waals surface area (Å²) in [6.45, 7) is 11.0. The number of aliphatic hydroxyl groups is 1. The van der Waals surface area contributed by atoms with Crippen molar-refractivity contribution in [3.63, 3.8) is 0 Å². The van der Waals surface area contributed by atoms with Crippen LogP contribution in [0.5, 0.6) is 0 Å². The van der Waals surface area contributed by atoms with E-state index in [4.69, 9.17) is 9.26 Å². The lowest BCUT2D eigenvalue weighted by Gasteiger charge is -2.27. The first-order valence-electron chi connectivity index (χ1n) is 11.7. The fourth-order valence-corrected chi connectivity index (χ4v) is 3.86. The van der Waals surface area contributed by atoms with E-state index in [9.17, 15) is 5.11 Å². The van der Waals surface area contributed by atoms with Crippen molar-refractivity contribution in [2.24, 2.45) is 0 Å². The molecule has 0 spiro atoms. The predicted octanol–water partition coefficient (Wildman–Crippen LogP) is 4.89. The minimum Gasteiger partial charge on any atom is -0.389 e. The summed E-state index contributed by atoms with van der Waals surface area (Å²) in [6.07, 6.45) is -0.582. The molecule has 0 aliphatic carbocycles. The van der Waals surface area contributed by atoms with Gasteiger partial charge in [-0.05, 0) is 33.3 Å². The first kappa shape index (κ1) is 25.0. The molecule has 0 saturated heterocycles. The molecule has 3 aromatic rings. The van der Waals surface area contributed by atoms with Gasteiger partial charge in [0.1, 0.15) is 5.69 Å². The molecule has 178 valence electrons. The van der Waals surface area contributed by atoms with Crippen LogP contribution in [0.25, 0.3) is 11.3 Å². The van der Waals surface area contributed by atoms with Crippen LogP contribution in [0.1, 0.15) is 37.5 Å². The van der Waals surface area contributed by atoms with Gasteiger partial charge in [0.05, 0.1) is 18.3 Å². The van der Waals surface area contributed by atoms with E-state index in [-0.39, 0.29) is 6.04 Å². The maximum absolute atomic E-state index is 10.6. The highest BCUT2D eigenvalue weighted by Gasteiger charge is 2.25. The summed E-state index contributed by atoms with van der Waals surface area (Å²) in [5.74, 6) is 0.761. The molecule has 1 heterocycles. The smallest absolute Gasteiger partial charge is 0.232 e. The molecular formula is C27H37N3O3. The minimum absolute atomic E-state index is 0.258. The second-order valence-corrected chi connectivity index (χ2v) is 8.86. The topological polar surface area (TPSA) is 62.0 Å². The average molecular weight is 452 g/mol. The van der Waals surface area contributed by atoms with E-state index in [2.05, 4.69) is 72.1 Å². The van der Waals surface area contributed by atoms with Crippen molar-refractivity contribution in [3.8, 4) is 11.3 Å². The summed E-state index contributed by atoms with van der Waals surface area (Å²) in [7, 11) is 2.03. The lowest BCUT2D eigenvalue weighted by atomic mass is 10.1. The number of benzene rings is 2. The van der Waals surface area contributed by atoms with Crippen molar-refractivity contribution >= 4 is 5.88 Å². The van der Waals surface area contributed by atoms with Crippen LogP contribution in [-0.4, -0.2) is 54.1 Å². The van der Waals surface area contributed by atoms with Crippen LogP contribution < -0.4 is 4.90 Å². The molecule has 0 aliphatic rings. The van der Waals surface area contributed by atoms with Gasteiger partial charge in [0.15, 0.2) is 0 Å². The predicted molar refractivity (Wildman–Crippen MR) is 133 cm³/mol. The Hall–Kier alpha value is -2.67. The number of hydrogen-bond donors (Lipinski definition) is 1. The fraction of sp³-hybridized carbons (Fsp3) is 0.444. The molecule has 1 aromatic heterocycles. The van der Waals surface area contributed by atoms with Crippen molar-refractivity contribution in [3.05, 3.63) is 71.3 Å². The van der Waals surface area contributed by atoms with Crippen molar-refractivity contribution < 1.29 is 14.4 Å². The van der Waals surface area contributed by atoms with Gasteiger partial charge in [0.2, 0.25) is 5.88 Å². The van der Waals surface area contributed by atoms with E-state index in [1.807, 2.05) is 32.2 Å². The Bertz CT molecular complexity index is 987. The summed E-state index contributed by atoms with van der Waals surface area (Å²) in [5.41, 5.74) is 5.30. The van der Waals surface area contributed by atoms with Gasteiger partial charge in [-0.2, -0.15) is 0 Å². The van der Waals surface area contributed by atoms with Crippen LogP contribution in [0.4, 0.5) is 5.88 Å². The van der Waals surface area contributed by atoms with Crippen LogP contribution in [0, 0.1) is 6.92 Å². The zero-order valence-corrected chi connectivity index (χ0v) is 20.5. The molecule has 1 N–H and O–H groups in total. The molecule has 1 atom stereocenters. The number of nitrogens with zero attached hydrogens (tertiary/aromatic N) is 3. The Morgan fingerprint density at radius 1 is 1.06 bits per heavy atom. The summed E-state index contributed by atoms with van der Waals surface area (Å²) in [6, 6.07) is 18.9. The van der Waals surface area contributed by atoms with Crippen molar-refractivity contribution in [2.75, 3.05) is 31.7 Å². The number of rotatable bonds is 12. The van der Waals surface area contributed by atoms with Gasteiger partial charge in [-0.15, -0.1) is 0 Å². The molecule has 6 nitrogen and oxygen atoms in total. The van der Waals surface area contributed by atoms with Gasteiger partial charge in [-0.3, -0.25) is 4.90 Å².